The van der Waals surface area contributed by atoms with Crippen molar-refractivity contribution in [3.63, 3.8) is 0 Å². The van der Waals surface area contributed by atoms with Gasteiger partial charge < -0.3 is 9.84 Å². The topological polar surface area (TPSA) is 32.7 Å². The van der Waals surface area contributed by atoms with Gasteiger partial charge in [-0.3, -0.25) is 4.90 Å². The fourth-order valence-corrected chi connectivity index (χ4v) is 3.42. The van der Waals surface area contributed by atoms with Crippen LogP contribution in [0.25, 0.3) is 0 Å². The zero-order chi connectivity index (χ0) is 13.2. The Kier molecular flexibility index (Phi) is 3.96. The normalized spacial score (nSPS) is 27.7. The van der Waals surface area contributed by atoms with Crippen molar-refractivity contribution < 1.29 is 9.84 Å². The number of rotatable bonds is 5. The van der Waals surface area contributed by atoms with Gasteiger partial charge in [-0.1, -0.05) is 11.6 Å². The Balaban J connectivity index is 1.44. The summed E-state index contributed by atoms with van der Waals surface area (Å²) in [4.78, 5) is 2.42. The van der Waals surface area contributed by atoms with Gasteiger partial charge in [-0.05, 0) is 49.4 Å². The number of likely N-dealkylation sites (tertiary alicyclic amines) is 1. The van der Waals surface area contributed by atoms with Crippen molar-refractivity contribution >= 4 is 11.6 Å². The van der Waals surface area contributed by atoms with Crippen LogP contribution in [-0.4, -0.2) is 41.8 Å². The number of aliphatic hydroxyl groups excluding tert-OH is 1. The lowest BCUT2D eigenvalue weighted by Gasteiger charge is -2.28. The SMILES string of the molecule is OC(COc1ccc(Cl)cc1)CN1CC2CCC1C2. The molecule has 1 aromatic carbocycles. The molecule has 3 atom stereocenters. The van der Waals surface area contributed by atoms with Crippen LogP contribution in [0.4, 0.5) is 0 Å². The van der Waals surface area contributed by atoms with Gasteiger partial charge in [0.15, 0.2) is 0 Å². The molecule has 3 rings (SSSR count). The quantitative estimate of drug-likeness (QED) is 0.900. The summed E-state index contributed by atoms with van der Waals surface area (Å²) in [6.45, 7) is 2.23. The fraction of sp³-hybridized carbons (Fsp3) is 0.600. The van der Waals surface area contributed by atoms with E-state index in [-0.39, 0.29) is 0 Å². The summed E-state index contributed by atoms with van der Waals surface area (Å²) >= 11 is 5.81. The number of halogens is 1. The predicted molar refractivity (Wildman–Crippen MR) is 75.7 cm³/mol. The minimum atomic E-state index is -0.421. The van der Waals surface area contributed by atoms with Gasteiger partial charge in [0.2, 0.25) is 0 Å². The zero-order valence-corrected chi connectivity index (χ0v) is 11.7. The number of piperidine rings is 1. The Bertz CT molecular complexity index is 423. The second kappa shape index (κ2) is 5.70. The van der Waals surface area contributed by atoms with E-state index in [0.717, 1.165) is 24.8 Å². The second-order valence-electron chi connectivity index (χ2n) is 5.71. The Morgan fingerprint density at radius 2 is 2.11 bits per heavy atom. The molecule has 3 nitrogen and oxygen atoms in total. The molecule has 19 heavy (non-hydrogen) atoms. The number of nitrogens with zero attached hydrogens (tertiary/aromatic N) is 1. The van der Waals surface area contributed by atoms with Gasteiger partial charge in [0.25, 0.3) is 0 Å². The van der Waals surface area contributed by atoms with Crippen molar-refractivity contribution in [1.82, 2.24) is 4.90 Å². The molecule has 0 radical (unpaired) electrons. The third kappa shape index (κ3) is 3.22. The number of aliphatic hydroxyl groups is 1. The molecule has 1 saturated carbocycles. The highest BCUT2D eigenvalue weighted by Crippen LogP contribution is 2.37. The Labute approximate surface area is 119 Å². The lowest BCUT2D eigenvalue weighted by atomic mass is 10.1. The molecule has 0 spiro atoms. The van der Waals surface area contributed by atoms with Gasteiger partial charge in [-0.25, -0.2) is 0 Å². The average Bonchev–Trinajstić information content (AvgIpc) is 3.00. The van der Waals surface area contributed by atoms with E-state index in [0.29, 0.717) is 17.7 Å². The van der Waals surface area contributed by atoms with Gasteiger partial charge in [-0.2, -0.15) is 0 Å². The molecule has 1 saturated heterocycles. The molecule has 0 amide bonds. The van der Waals surface area contributed by atoms with E-state index in [1.165, 1.54) is 19.3 Å². The van der Waals surface area contributed by atoms with Crippen LogP contribution in [-0.2, 0) is 0 Å². The molecule has 104 valence electrons. The van der Waals surface area contributed by atoms with Crippen molar-refractivity contribution in [2.24, 2.45) is 5.92 Å². The van der Waals surface area contributed by atoms with Gasteiger partial charge >= 0.3 is 0 Å². The molecular weight excluding hydrogens is 262 g/mol. The molecule has 2 aliphatic rings. The van der Waals surface area contributed by atoms with Crippen molar-refractivity contribution in [2.45, 2.75) is 31.4 Å². The first-order valence-corrected chi connectivity index (χ1v) is 7.39. The number of hydrogen-bond donors (Lipinski definition) is 1. The highest BCUT2D eigenvalue weighted by molar-refractivity contribution is 6.30. The van der Waals surface area contributed by atoms with Crippen LogP contribution in [0.3, 0.4) is 0 Å². The van der Waals surface area contributed by atoms with E-state index in [4.69, 9.17) is 16.3 Å². The fourth-order valence-electron chi connectivity index (χ4n) is 3.30. The third-order valence-electron chi connectivity index (χ3n) is 4.22. The maximum Gasteiger partial charge on any atom is 0.119 e. The first kappa shape index (κ1) is 13.2. The summed E-state index contributed by atoms with van der Waals surface area (Å²) in [6.07, 6.45) is 3.58. The molecule has 2 bridgehead atoms. The van der Waals surface area contributed by atoms with E-state index in [1.54, 1.807) is 12.1 Å². The van der Waals surface area contributed by atoms with Crippen molar-refractivity contribution in [1.29, 1.82) is 0 Å². The number of hydrogen-bond acceptors (Lipinski definition) is 3. The molecule has 1 N–H and O–H groups in total. The summed E-state index contributed by atoms with van der Waals surface area (Å²) in [5.74, 6) is 1.63. The first-order chi connectivity index (χ1) is 9.20. The average molecular weight is 282 g/mol. The van der Waals surface area contributed by atoms with Crippen LogP contribution in [0.2, 0.25) is 5.02 Å². The van der Waals surface area contributed by atoms with Gasteiger partial charge in [0.05, 0.1) is 0 Å². The van der Waals surface area contributed by atoms with E-state index < -0.39 is 6.10 Å². The van der Waals surface area contributed by atoms with Gasteiger partial charge in [0.1, 0.15) is 18.5 Å². The van der Waals surface area contributed by atoms with Crippen molar-refractivity contribution in [3.05, 3.63) is 29.3 Å². The molecule has 1 heterocycles. The van der Waals surface area contributed by atoms with Crippen LogP contribution in [0.15, 0.2) is 24.3 Å². The summed E-state index contributed by atoms with van der Waals surface area (Å²) in [5, 5.41) is 10.8. The number of fused-ring (bicyclic) bond motifs is 2. The lowest BCUT2D eigenvalue weighted by Crippen LogP contribution is -2.40. The van der Waals surface area contributed by atoms with Crippen LogP contribution in [0.5, 0.6) is 5.75 Å². The van der Waals surface area contributed by atoms with Gasteiger partial charge in [-0.15, -0.1) is 0 Å². The van der Waals surface area contributed by atoms with Crippen LogP contribution >= 0.6 is 11.6 Å². The van der Waals surface area contributed by atoms with Gasteiger partial charge in [0, 0.05) is 24.2 Å². The molecule has 2 fully saturated rings. The number of benzene rings is 1. The molecule has 1 aliphatic carbocycles. The Hall–Kier alpha value is -0.770. The van der Waals surface area contributed by atoms with E-state index in [1.807, 2.05) is 12.1 Å². The maximum absolute atomic E-state index is 10.1. The monoisotopic (exact) mass is 281 g/mol. The standard InChI is InChI=1S/C15H20ClNO2/c16-12-2-5-15(6-3-12)19-10-14(18)9-17-8-11-1-4-13(17)7-11/h2-3,5-6,11,13-14,18H,1,4,7-10H2. The minimum Gasteiger partial charge on any atom is -0.491 e. The first-order valence-electron chi connectivity index (χ1n) is 7.01. The smallest absolute Gasteiger partial charge is 0.119 e. The predicted octanol–water partition coefficient (Wildman–Crippen LogP) is 2.56. The maximum atomic E-state index is 10.1. The molecule has 0 aromatic heterocycles. The highest BCUT2D eigenvalue weighted by atomic mass is 35.5. The minimum absolute atomic E-state index is 0.343. The van der Waals surface area contributed by atoms with Crippen molar-refractivity contribution in [2.75, 3.05) is 19.7 Å². The summed E-state index contributed by atoms with van der Waals surface area (Å²) in [5.41, 5.74) is 0. The van der Waals surface area contributed by atoms with E-state index in [2.05, 4.69) is 4.90 Å². The third-order valence-corrected chi connectivity index (χ3v) is 4.48. The Morgan fingerprint density at radius 1 is 1.32 bits per heavy atom. The summed E-state index contributed by atoms with van der Waals surface area (Å²) in [7, 11) is 0. The van der Waals surface area contributed by atoms with E-state index in [9.17, 15) is 5.11 Å². The second-order valence-corrected chi connectivity index (χ2v) is 6.14. The largest absolute Gasteiger partial charge is 0.491 e. The molecule has 3 unspecified atom stereocenters. The van der Waals surface area contributed by atoms with Crippen molar-refractivity contribution in [3.8, 4) is 5.75 Å². The van der Waals surface area contributed by atoms with Crippen LogP contribution in [0.1, 0.15) is 19.3 Å². The molecule has 4 heteroatoms. The van der Waals surface area contributed by atoms with Crippen LogP contribution < -0.4 is 4.74 Å². The molecule has 1 aromatic rings. The summed E-state index contributed by atoms with van der Waals surface area (Å²) < 4.78 is 5.58. The number of ether oxygens (including phenoxy) is 1. The Morgan fingerprint density at radius 3 is 2.74 bits per heavy atom. The highest BCUT2D eigenvalue weighted by Gasteiger charge is 2.38. The van der Waals surface area contributed by atoms with Crippen LogP contribution in [0, 0.1) is 5.92 Å². The zero-order valence-electron chi connectivity index (χ0n) is 11.0. The number of β-amino-alcohol motifs (C(OH)–C–C–N with tert-alkyl or cyclic N) is 1. The lowest BCUT2D eigenvalue weighted by molar-refractivity contribution is 0.0573. The summed E-state index contributed by atoms with van der Waals surface area (Å²) in [6, 6.07) is 7.95. The molecule has 1 aliphatic heterocycles. The molecular formula is C15H20ClNO2. The van der Waals surface area contributed by atoms with E-state index >= 15 is 0 Å².